The largest absolute Gasteiger partial charge is 0.494 e. The van der Waals surface area contributed by atoms with Crippen molar-refractivity contribution < 1.29 is 9.53 Å². The van der Waals surface area contributed by atoms with Crippen LogP contribution in [0.1, 0.15) is 23.1 Å². The van der Waals surface area contributed by atoms with Crippen molar-refractivity contribution in [1.82, 2.24) is 25.5 Å². The molecular weight excluding hydrogens is 386 g/mol. The Morgan fingerprint density at radius 1 is 1.24 bits per heavy atom. The highest BCUT2D eigenvalue weighted by Crippen LogP contribution is 2.16. The molecule has 0 fully saturated rings. The molecule has 2 aromatic carbocycles. The fourth-order valence-corrected chi connectivity index (χ4v) is 2.67. The van der Waals surface area contributed by atoms with Gasteiger partial charge in [-0.15, -0.1) is 5.10 Å². The van der Waals surface area contributed by atoms with Crippen molar-refractivity contribution in [3.63, 3.8) is 0 Å². The molecule has 0 atom stereocenters. The third-order valence-electron chi connectivity index (χ3n) is 3.40. The van der Waals surface area contributed by atoms with E-state index in [1.54, 1.807) is 22.9 Å². The number of halogens is 1. The molecule has 0 aliphatic rings. The Morgan fingerprint density at radius 3 is 2.88 bits per heavy atom. The van der Waals surface area contributed by atoms with E-state index in [4.69, 9.17) is 4.74 Å². The normalized spacial score (nSPS) is 10.5. The maximum Gasteiger partial charge on any atom is 0.251 e. The van der Waals surface area contributed by atoms with Crippen LogP contribution < -0.4 is 10.1 Å². The maximum atomic E-state index is 12.3. The number of carbonyl (C=O) groups excluding carboxylic acids is 1. The monoisotopic (exact) mass is 401 g/mol. The van der Waals surface area contributed by atoms with Crippen LogP contribution in [-0.4, -0.2) is 32.7 Å². The minimum Gasteiger partial charge on any atom is -0.494 e. The van der Waals surface area contributed by atoms with E-state index in [1.807, 2.05) is 37.3 Å². The third-order valence-corrected chi connectivity index (χ3v) is 3.89. The molecular formula is C17H16BrN5O2. The fraction of sp³-hybridized carbons (Fsp3) is 0.176. The quantitative estimate of drug-likeness (QED) is 0.686. The first-order valence-corrected chi connectivity index (χ1v) is 8.51. The number of nitrogens with zero attached hydrogens (tertiary/aromatic N) is 4. The second-order valence-corrected chi connectivity index (χ2v) is 6.05. The summed E-state index contributed by atoms with van der Waals surface area (Å²) in [5, 5.41) is 14.5. The van der Waals surface area contributed by atoms with Gasteiger partial charge in [-0.2, -0.15) is 4.68 Å². The highest BCUT2D eigenvalue weighted by molar-refractivity contribution is 9.10. The summed E-state index contributed by atoms with van der Waals surface area (Å²) in [4.78, 5) is 12.3. The van der Waals surface area contributed by atoms with Crippen LogP contribution >= 0.6 is 15.9 Å². The van der Waals surface area contributed by atoms with Gasteiger partial charge < -0.3 is 10.1 Å². The van der Waals surface area contributed by atoms with Gasteiger partial charge >= 0.3 is 0 Å². The Balaban J connectivity index is 1.71. The molecule has 25 heavy (non-hydrogen) atoms. The minimum absolute atomic E-state index is 0.206. The van der Waals surface area contributed by atoms with E-state index in [2.05, 4.69) is 36.8 Å². The molecule has 3 aromatic rings. The van der Waals surface area contributed by atoms with E-state index in [9.17, 15) is 4.79 Å². The number of tetrazole rings is 1. The summed E-state index contributed by atoms with van der Waals surface area (Å²) in [7, 11) is 0. The van der Waals surface area contributed by atoms with Crippen molar-refractivity contribution >= 4 is 21.8 Å². The summed E-state index contributed by atoms with van der Waals surface area (Å²) in [6.45, 7) is 2.65. The maximum absolute atomic E-state index is 12.3. The summed E-state index contributed by atoms with van der Waals surface area (Å²) in [6.07, 6.45) is 0. The predicted octanol–water partition coefficient (Wildman–Crippen LogP) is 2.75. The molecule has 0 unspecified atom stereocenters. The number of nitrogens with one attached hydrogen (secondary N) is 1. The molecule has 1 amide bonds. The Bertz CT molecular complexity index is 881. The van der Waals surface area contributed by atoms with E-state index in [0.717, 1.165) is 10.2 Å². The van der Waals surface area contributed by atoms with E-state index >= 15 is 0 Å². The smallest absolute Gasteiger partial charge is 0.251 e. The average molecular weight is 402 g/mol. The van der Waals surface area contributed by atoms with Crippen molar-refractivity contribution in [2.45, 2.75) is 13.5 Å². The highest BCUT2D eigenvalue weighted by Gasteiger charge is 2.12. The lowest BCUT2D eigenvalue weighted by atomic mass is 10.2. The Morgan fingerprint density at radius 2 is 2.08 bits per heavy atom. The number of benzene rings is 2. The first-order chi connectivity index (χ1) is 12.2. The first-order valence-electron chi connectivity index (χ1n) is 7.71. The van der Waals surface area contributed by atoms with Gasteiger partial charge in [0.15, 0.2) is 5.82 Å². The summed E-state index contributed by atoms with van der Waals surface area (Å²) >= 11 is 3.42. The SMILES string of the molecule is CCOc1cccc(C(=O)NCc2nnnn2-c2cccc(Br)c2)c1. The molecule has 0 spiro atoms. The lowest BCUT2D eigenvalue weighted by Gasteiger charge is -2.08. The molecule has 0 saturated heterocycles. The molecule has 7 nitrogen and oxygen atoms in total. The molecule has 1 N–H and O–H groups in total. The van der Waals surface area contributed by atoms with E-state index in [1.165, 1.54) is 0 Å². The molecule has 0 saturated carbocycles. The van der Waals surface area contributed by atoms with Gasteiger partial charge in [0, 0.05) is 10.0 Å². The molecule has 3 rings (SSSR count). The molecule has 1 aromatic heterocycles. The minimum atomic E-state index is -0.217. The predicted molar refractivity (Wildman–Crippen MR) is 95.6 cm³/mol. The van der Waals surface area contributed by atoms with Crippen molar-refractivity contribution in [2.24, 2.45) is 0 Å². The van der Waals surface area contributed by atoms with Crippen molar-refractivity contribution in [2.75, 3.05) is 6.61 Å². The van der Waals surface area contributed by atoms with Crippen LogP contribution in [0.5, 0.6) is 5.75 Å². The second-order valence-electron chi connectivity index (χ2n) is 5.13. The van der Waals surface area contributed by atoms with Crippen LogP contribution in [0.25, 0.3) is 5.69 Å². The number of ether oxygens (including phenoxy) is 1. The highest BCUT2D eigenvalue weighted by atomic mass is 79.9. The molecule has 0 bridgehead atoms. The third kappa shape index (κ3) is 4.21. The lowest BCUT2D eigenvalue weighted by Crippen LogP contribution is -2.24. The van der Waals surface area contributed by atoms with E-state index in [-0.39, 0.29) is 12.5 Å². The van der Waals surface area contributed by atoms with Crippen molar-refractivity contribution in [3.8, 4) is 11.4 Å². The number of hydrogen-bond acceptors (Lipinski definition) is 5. The second kappa shape index (κ2) is 7.89. The summed E-state index contributed by atoms with van der Waals surface area (Å²) in [5.41, 5.74) is 1.33. The van der Waals surface area contributed by atoms with Gasteiger partial charge in [0.2, 0.25) is 0 Å². The van der Waals surface area contributed by atoms with Gasteiger partial charge in [0.1, 0.15) is 5.75 Å². The van der Waals surface area contributed by atoms with Gasteiger partial charge in [-0.25, -0.2) is 0 Å². The Labute approximate surface area is 153 Å². The summed E-state index contributed by atoms with van der Waals surface area (Å²) in [6, 6.07) is 14.6. The van der Waals surface area contributed by atoms with Gasteiger partial charge in [-0.05, 0) is 53.7 Å². The molecule has 8 heteroatoms. The van der Waals surface area contributed by atoms with Crippen LogP contribution in [0.4, 0.5) is 0 Å². The van der Waals surface area contributed by atoms with Crippen LogP contribution in [0.3, 0.4) is 0 Å². The fourth-order valence-electron chi connectivity index (χ4n) is 2.28. The topological polar surface area (TPSA) is 81.9 Å². The molecule has 0 aliphatic heterocycles. The standard InChI is InChI=1S/C17H16BrN5O2/c1-2-25-15-8-3-5-12(9-15)17(24)19-11-16-20-21-22-23(16)14-7-4-6-13(18)10-14/h3-10H,2,11H2,1H3,(H,19,24). The zero-order valence-corrected chi connectivity index (χ0v) is 15.1. The number of aromatic nitrogens is 4. The number of amides is 1. The first kappa shape index (κ1) is 17.1. The molecule has 0 aliphatic carbocycles. The molecule has 0 radical (unpaired) electrons. The average Bonchev–Trinajstić information content (AvgIpc) is 3.09. The number of hydrogen-bond donors (Lipinski definition) is 1. The van der Waals surface area contributed by atoms with Crippen LogP contribution in [0.2, 0.25) is 0 Å². The number of rotatable bonds is 6. The summed E-state index contributed by atoms with van der Waals surface area (Å²) < 4.78 is 7.92. The zero-order chi connectivity index (χ0) is 17.6. The van der Waals surface area contributed by atoms with Crippen LogP contribution in [0.15, 0.2) is 53.0 Å². The lowest BCUT2D eigenvalue weighted by molar-refractivity contribution is 0.0949. The Hall–Kier alpha value is -2.74. The van der Waals surface area contributed by atoms with Gasteiger partial charge in [-0.3, -0.25) is 4.79 Å². The van der Waals surface area contributed by atoms with Crippen molar-refractivity contribution in [1.29, 1.82) is 0 Å². The van der Waals surface area contributed by atoms with Gasteiger partial charge in [0.05, 0.1) is 18.8 Å². The van der Waals surface area contributed by atoms with Gasteiger partial charge in [-0.1, -0.05) is 28.1 Å². The molecule has 1 heterocycles. The number of carbonyl (C=O) groups is 1. The Kier molecular flexibility index (Phi) is 5.39. The van der Waals surface area contributed by atoms with Crippen LogP contribution in [0, 0.1) is 0 Å². The van der Waals surface area contributed by atoms with E-state index in [0.29, 0.717) is 23.7 Å². The van der Waals surface area contributed by atoms with E-state index < -0.39 is 0 Å². The van der Waals surface area contributed by atoms with Crippen LogP contribution in [-0.2, 0) is 6.54 Å². The zero-order valence-electron chi connectivity index (χ0n) is 13.5. The molecule has 128 valence electrons. The van der Waals surface area contributed by atoms with Crippen molar-refractivity contribution in [3.05, 3.63) is 64.4 Å². The summed E-state index contributed by atoms with van der Waals surface area (Å²) in [5.74, 6) is 0.979. The van der Waals surface area contributed by atoms with Gasteiger partial charge in [0.25, 0.3) is 5.91 Å².